The minimum atomic E-state index is -0.121. The molecule has 34 heavy (non-hydrogen) atoms. The first-order chi connectivity index (χ1) is 16.5. The summed E-state index contributed by atoms with van der Waals surface area (Å²) in [5.41, 5.74) is 6.08. The number of aromatic nitrogens is 2. The highest BCUT2D eigenvalue weighted by Crippen LogP contribution is 2.28. The quantitative estimate of drug-likeness (QED) is 0.493. The molecule has 4 rings (SSSR count). The van der Waals surface area contributed by atoms with Crippen molar-refractivity contribution >= 4 is 34.6 Å². The highest BCUT2D eigenvalue weighted by Gasteiger charge is 2.27. The fourth-order valence-corrected chi connectivity index (χ4v) is 5.26. The molecular formula is C26H35N5O2S. The van der Waals surface area contributed by atoms with E-state index in [1.165, 1.54) is 21.9 Å². The number of unbranched alkanes of at least 4 members (excludes halogenated alkanes) is 2. The van der Waals surface area contributed by atoms with Crippen LogP contribution >= 0.6 is 11.8 Å². The molecule has 2 aromatic rings. The Morgan fingerprint density at radius 2 is 1.94 bits per heavy atom. The van der Waals surface area contributed by atoms with Crippen LogP contribution in [0.4, 0.5) is 11.4 Å². The molecule has 7 nitrogen and oxygen atoms in total. The zero-order chi connectivity index (χ0) is 24.1. The summed E-state index contributed by atoms with van der Waals surface area (Å²) >= 11 is 2.01. The van der Waals surface area contributed by atoms with Gasteiger partial charge in [-0.25, -0.2) is 9.98 Å². The fraction of sp³-hybridized carbons (Fsp3) is 0.538. The van der Waals surface area contributed by atoms with Gasteiger partial charge in [-0.2, -0.15) is 21.5 Å². The smallest absolute Gasteiger partial charge is 0.277 e. The molecule has 2 aliphatic heterocycles. The summed E-state index contributed by atoms with van der Waals surface area (Å²) in [5.74, 6) is 2.88. The molecule has 0 atom stereocenters. The van der Waals surface area contributed by atoms with Crippen molar-refractivity contribution in [3.8, 4) is 0 Å². The number of rotatable bonds is 9. The van der Waals surface area contributed by atoms with Crippen molar-refractivity contribution < 1.29 is 4.74 Å². The Bertz CT molecular complexity index is 1150. The Hall–Kier alpha value is -2.45. The van der Waals surface area contributed by atoms with Crippen molar-refractivity contribution in [2.75, 3.05) is 43.2 Å². The summed E-state index contributed by atoms with van der Waals surface area (Å²) in [5, 5.41) is 4.69. The van der Waals surface area contributed by atoms with Crippen LogP contribution in [-0.4, -0.2) is 59.4 Å². The van der Waals surface area contributed by atoms with Gasteiger partial charge in [-0.05, 0) is 50.5 Å². The van der Waals surface area contributed by atoms with Gasteiger partial charge in [0, 0.05) is 49.4 Å². The van der Waals surface area contributed by atoms with Crippen LogP contribution in [0.1, 0.15) is 55.3 Å². The monoisotopic (exact) mass is 481 g/mol. The number of hydrogen-bond donors (Lipinski definition) is 0. The van der Waals surface area contributed by atoms with E-state index in [4.69, 9.17) is 14.7 Å². The lowest BCUT2D eigenvalue weighted by Crippen LogP contribution is -2.32. The first-order valence-electron chi connectivity index (χ1n) is 12.3. The molecule has 0 N–H and O–H groups in total. The number of hydrogen-bond acceptors (Lipinski definition) is 7. The molecule has 0 spiro atoms. The molecule has 0 radical (unpaired) electrons. The summed E-state index contributed by atoms with van der Waals surface area (Å²) in [6.07, 6.45) is 4.62. The van der Waals surface area contributed by atoms with Gasteiger partial charge in [-0.15, -0.1) is 0 Å². The second-order valence-electron chi connectivity index (χ2n) is 8.90. The van der Waals surface area contributed by atoms with Gasteiger partial charge in [0.2, 0.25) is 0 Å². The summed E-state index contributed by atoms with van der Waals surface area (Å²) in [6.45, 7) is 8.78. The number of aryl methyl sites for hydroxylation is 1. The van der Waals surface area contributed by atoms with Crippen LogP contribution in [0.5, 0.6) is 0 Å². The summed E-state index contributed by atoms with van der Waals surface area (Å²) in [6, 6.07) is 6.46. The Kier molecular flexibility index (Phi) is 8.21. The highest BCUT2D eigenvalue weighted by molar-refractivity contribution is 7.99. The zero-order valence-electron chi connectivity index (χ0n) is 20.8. The van der Waals surface area contributed by atoms with E-state index in [0.717, 1.165) is 67.1 Å². The van der Waals surface area contributed by atoms with E-state index >= 15 is 0 Å². The molecule has 1 aromatic heterocycles. The maximum atomic E-state index is 13.1. The van der Waals surface area contributed by atoms with Crippen molar-refractivity contribution in [1.82, 2.24) is 9.66 Å². The Labute approximate surface area is 206 Å². The number of aliphatic imine (C=N–C) groups is 1. The summed E-state index contributed by atoms with van der Waals surface area (Å²) in [4.78, 5) is 25.5. The van der Waals surface area contributed by atoms with Crippen molar-refractivity contribution in [3.63, 3.8) is 0 Å². The van der Waals surface area contributed by atoms with Crippen LogP contribution in [0.25, 0.3) is 0 Å². The van der Waals surface area contributed by atoms with Crippen LogP contribution in [-0.2, 0) is 11.2 Å². The first-order valence-corrected chi connectivity index (χ1v) is 13.4. The van der Waals surface area contributed by atoms with Crippen LogP contribution in [0.2, 0.25) is 0 Å². The van der Waals surface area contributed by atoms with Gasteiger partial charge in [0.05, 0.1) is 23.7 Å². The predicted molar refractivity (Wildman–Crippen MR) is 143 cm³/mol. The second kappa shape index (κ2) is 11.3. The SMILES string of the molecule is CCCCCC1=Nn2c(nc(CCOC)c(C)c2=O)C1=Nc1ccc(N2CCSCC2)cc1C. The van der Waals surface area contributed by atoms with E-state index in [1.807, 2.05) is 18.7 Å². The van der Waals surface area contributed by atoms with E-state index in [1.54, 1.807) is 7.11 Å². The number of fused-ring (bicyclic) bond motifs is 1. The standard InChI is InChI=1S/C26H35N5O2S/c1-5-6-7-8-23-24(25-28-22(11-14-33-4)19(3)26(32)31(25)29-23)27-21-10-9-20(17-18(21)2)30-12-15-34-16-13-30/h9-10,17H,5-8,11-16H2,1-4H3. The van der Waals surface area contributed by atoms with E-state index in [2.05, 4.69) is 42.0 Å². The van der Waals surface area contributed by atoms with Crippen molar-refractivity contribution in [2.45, 2.75) is 52.9 Å². The molecule has 0 saturated carbocycles. The lowest BCUT2D eigenvalue weighted by atomic mass is 10.1. The largest absolute Gasteiger partial charge is 0.384 e. The van der Waals surface area contributed by atoms with E-state index in [0.29, 0.717) is 24.4 Å². The van der Waals surface area contributed by atoms with Crippen LogP contribution in [0.15, 0.2) is 33.1 Å². The third-order valence-electron chi connectivity index (χ3n) is 6.44. The molecule has 0 bridgehead atoms. The average Bonchev–Trinajstić information content (AvgIpc) is 3.19. The number of anilines is 1. The van der Waals surface area contributed by atoms with Gasteiger partial charge in [0.15, 0.2) is 5.82 Å². The van der Waals surface area contributed by atoms with Gasteiger partial charge in [-0.1, -0.05) is 19.8 Å². The molecule has 1 saturated heterocycles. The molecule has 1 fully saturated rings. The van der Waals surface area contributed by atoms with E-state index in [-0.39, 0.29) is 5.56 Å². The maximum absolute atomic E-state index is 13.1. The molecule has 0 unspecified atom stereocenters. The first kappa shape index (κ1) is 24.7. The Morgan fingerprint density at radius 3 is 2.65 bits per heavy atom. The predicted octanol–water partition coefficient (Wildman–Crippen LogP) is 4.52. The van der Waals surface area contributed by atoms with Crippen LogP contribution in [0, 0.1) is 13.8 Å². The number of methoxy groups -OCH3 is 1. The third-order valence-corrected chi connectivity index (χ3v) is 7.38. The normalized spacial score (nSPS) is 16.8. The molecule has 3 heterocycles. The van der Waals surface area contributed by atoms with Gasteiger partial charge in [0.1, 0.15) is 5.71 Å². The van der Waals surface area contributed by atoms with Gasteiger partial charge in [-0.3, -0.25) is 4.79 Å². The minimum absolute atomic E-state index is 0.121. The third kappa shape index (κ3) is 5.28. The minimum Gasteiger partial charge on any atom is -0.384 e. The second-order valence-corrected chi connectivity index (χ2v) is 10.1. The van der Waals surface area contributed by atoms with Crippen LogP contribution < -0.4 is 10.5 Å². The zero-order valence-corrected chi connectivity index (χ0v) is 21.6. The van der Waals surface area contributed by atoms with Gasteiger partial charge >= 0.3 is 0 Å². The average molecular weight is 482 g/mol. The number of ether oxygens (including phenoxy) is 1. The van der Waals surface area contributed by atoms with Crippen molar-refractivity contribution in [2.24, 2.45) is 10.1 Å². The molecule has 0 aliphatic carbocycles. The maximum Gasteiger partial charge on any atom is 0.277 e. The van der Waals surface area contributed by atoms with E-state index < -0.39 is 0 Å². The molecular weight excluding hydrogens is 446 g/mol. The van der Waals surface area contributed by atoms with E-state index in [9.17, 15) is 4.79 Å². The van der Waals surface area contributed by atoms with Crippen molar-refractivity contribution in [1.29, 1.82) is 0 Å². The Balaban J connectivity index is 1.73. The number of thioether (sulfide) groups is 1. The van der Waals surface area contributed by atoms with Gasteiger partial charge < -0.3 is 9.64 Å². The fourth-order valence-electron chi connectivity index (χ4n) is 4.35. The molecule has 2 aliphatic rings. The van der Waals surface area contributed by atoms with Crippen LogP contribution in [0.3, 0.4) is 0 Å². The lowest BCUT2D eigenvalue weighted by Gasteiger charge is -2.28. The Morgan fingerprint density at radius 1 is 1.15 bits per heavy atom. The molecule has 0 amide bonds. The lowest BCUT2D eigenvalue weighted by molar-refractivity contribution is 0.201. The molecule has 1 aromatic carbocycles. The molecule has 182 valence electrons. The van der Waals surface area contributed by atoms with Gasteiger partial charge in [0.25, 0.3) is 5.56 Å². The topological polar surface area (TPSA) is 72.1 Å². The summed E-state index contributed by atoms with van der Waals surface area (Å²) < 4.78 is 6.68. The number of nitrogens with zero attached hydrogens (tertiary/aromatic N) is 5. The molecule has 8 heteroatoms. The highest BCUT2D eigenvalue weighted by atomic mass is 32.2. The summed E-state index contributed by atoms with van der Waals surface area (Å²) in [7, 11) is 1.66. The number of benzene rings is 1. The van der Waals surface area contributed by atoms with Crippen molar-refractivity contribution in [3.05, 3.63) is 51.2 Å².